The molecule has 0 aromatic heterocycles. The monoisotopic (exact) mass is 231 g/mol. The lowest BCUT2D eigenvalue weighted by Gasteiger charge is -2.38. The first-order chi connectivity index (χ1) is 7.14. The Morgan fingerprint density at radius 1 is 1.67 bits per heavy atom. The van der Waals surface area contributed by atoms with Crippen LogP contribution in [0, 0.1) is 5.41 Å². The van der Waals surface area contributed by atoms with E-state index in [-0.39, 0.29) is 0 Å². The molecule has 0 spiro atoms. The van der Waals surface area contributed by atoms with Gasteiger partial charge in [-0.05, 0) is 25.8 Å². The van der Waals surface area contributed by atoms with Crippen molar-refractivity contribution < 1.29 is 9.90 Å². The number of nitrogens with zero attached hydrogens (tertiary/aromatic N) is 1. The van der Waals surface area contributed by atoms with Crippen LogP contribution in [0.5, 0.6) is 0 Å². The van der Waals surface area contributed by atoms with Crippen molar-refractivity contribution >= 4 is 17.6 Å². The third-order valence-corrected chi connectivity index (χ3v) is 3.42. The SMILES string of the molecule is CCC1(C(=O)O)CCCN(CC=CCl)C1. The number of piperidine rings is 1. The fourth-order valence-corrected chi connectivity index (χ4v) is 2.27. The molecule has 86 valence electrons. The summed E-state index contributed by atoms with van der Waals surface area (Å²) in [5.74, 6) is -0.662. The van der Waals surface area contributed by atoms with Crippen LogP contribution >= 0.6 is 11.6 Å². The van der Waals surface area contributed by atoms with E-state index < -0.39 is 11.4 Å². The maximum Gasteiger partial charge on any atom is 0.310 e. The molecule has 0 aromatic carbocycles. The first kappa shape index (κ1) is 12.5. The third kappa shape index (κ3) is 2.95. The molecule has 15 heavy (non-hydrogen) atoms. The molecule has 3 nitrogen and oxygen atoms in total. The van der Waals surface area contributed by atoms with Crippen molar-refractivity contribution in [2.24, 2.45) is 5.41 Å². The second-order valence-electron chi connectivity index (χ2n) is 4.14. The van der Waals surface area contributed by atoms with Crippen molar-refractivity contribution in [1.29, 1.82) is 0 Å². The fraction of sp³-hybridized carbons (Fsp3) is 0.727. The molecule has 1 rings (SSSR count). The fourth-order valence-electron chi connectivity index (χ4n) is 2.19. The van der Waals surface area contributed by atoms with Gasteiger partial charge < -0.3 is 5.11 Å². The molecule has 0 aromatic rings. The first-order valence-electron chi connectivity index (χ1n) is 5.35. The summed E-state index contributed by atoms with van der Waals surface area (Å²) in [5.41, 5.74) is 0.946. The Morgan fingerprint density at radius 2 is 2.40 bits per heavy atom. The quantitative estimate of drug-likeness (QED) is 0.807. The van der Waals surface area contributed by atoms with Gasteiger partial charge in [0.25, 0.3) is 0 Å². The number of rotatable bonds is 4. The lowest BCUT2D eigenvalue weighted by Crippen LogP contribution is -2.47. The largest absolute Gasteiger partial charge is 0.481 e. The van der Waals surface area contributed by atoms with Crippen LogP contribution in [0.3, 0.4) is 0 Å². The van der Waals surface area contributed by atoms with Gasteiger partial charge in [0.1, 0.15) is 0 Å². The number of carboxylic acids is 1. The van der Waals surface area contributed by atoms with Gasteiger partial charge >= 0.3 is 5.97 Å². The summed E-state index contributed by atoms with van der Waals surface area (Å²) >= 11 is 5.46. The summed E-state index contributed by atoms with van der Waals surface area (Å²) in [4.78, 5) is 13.4. The van der Waals surface area contributed by atoms with E-state index in [1.807, 2.05) is 13.0 Å². The summed E-state index contributed by atoms with van der Waals surface area (Å²) in [6.07, 6.45) is 4.30. The van der Waals surface area contributed by atoms with Crippen molar-refractivity contribution in [1.82, 2.24) is 4.90 Å². The molecule has 0 saturated carbocycles. The summed E-state index contributed by atoms with van der Waals surface area (Å²) in [6.45, 7) is 4.31. The molecule has 1 aliphatic rings. The molecular formula is C11H18ClNO2. The summed E-state index contributed by atoms with van der Waals surface area (Å²) in [6, 6.07) is 0. The van der Waals surface area contributed by atoms with Gasteiger partial charge in [0.05, 0.1) is 5.41 Å². The van der Waals surface area contributed by atoms with E-state index in [1.54, 1.807) is 0 Å². The van der Waals surface area contributed by atoms with Gasteiger partial charge in [0.2, 0.25) is 0 Å². The van der Waals surface area contributed by atoms with Crippen LogP contribution in [0.2, 0.25) is 0 Å². The van der Waals surface area contributed by atoms with Gasteiger partial charge in [-0.15, -0.1) is 0 Å². The summed E-state index contributed by atoms with van der Waals surface area (Å²) < 4.78 is 0. The van der Waals surface area contributed by atoms with Crippen LogP contribution in [-0.2, 0) is 4.79 Å². The van der Waals surface area contributed by atoms with E-state index in [9.17, 15) is 9.90 Å². The highest BCUT2D eigenvalue weighted by molar-refractivity contribution is 6.25. The molecule has 1 fully saturated rings. The van der Waals surface area contributed by atoms with E-state index in [1.165, 1.54) is 5.54 Å². The van der Waals surface area contributed by atoms with E-state index >= 15 is 0 Å². The van der Waals surface area contributed by atoms with Gasteiger partial charge in [-0.3, -0.25) is 9.69 Å². The topological polar surface area (TPSA) is 40.5 Å². The Kier molecular flexibility index (Phi) is 4.61. The second kappa shape index (κ2) is 5.52. The minimum Gasteiger partial charge on any atom is -0.481 e. The van der Waals surface area contributed by atoms with Gasteiger partial charge in [0.15, 0.2) is 0 Å². The highest BCUT2D eigenvalue weighted by Gasteiger charge is 2.40. The number of likely N-dealkylation sites (tertiary alicyclic amines) is 1. The van der Waals surface area contributed by atoms with Crippen LogP contribution < -0.4 is 0 Å². The maximum atomic E-state index is 11.3. The van der Waals surface area contributed by atoms with Crippen molar-refractivity contribution in [3.63, 3.8) is 0 Å². The molecule has 1 saturated heterocycles. The van der Waals surface area contributed by atoms with Crippen molar-refractivity contribution in [2.75, 3.05) is 19.6 Å². The average Bonchev–Trinajstić information content (AvgIpc) is 2.26. The van der Waals surface area contributed by atoms with Gasteiger partial charge in [-0.25, -0.2) is 0 Å². The Labute approximate surface area is 95.7 Å². The number of hydrogen-bond acceptors (Lipinski definition) is 2. The van der Waals surface area contributed by atoms with Crippen LogP contribution in [-0.4, -0.2) is 35.6 Å². The van der Waals surface area contributed by atoms with Gasteiger partial charge in [-0.1, -0.05) is 24.6 Å². The molecule has 1 atom stereocenters. The standard InChI is InChI=1S/C11H18ClNO2/c1-2-11(10(14)15)5-3-7-13(9-11)8-4-6-12/h4,6H,2-3,5,7-9H2,1H3,(H,14,15). The molecule has 1 unspecified atom stereocenters. The Bertz CT molecular complexity index is 255. The second-order valence-corrected chi connectivity index (χ2v) is 4.39. The van der Waals surface area contributed by atoms with Crippen LogP contribution in [0.25, 0.3) is 0 Å². The molecule has 0 aliphatic carbocycles. The summed E-state index contributed by atoms with van der Waals surface area (Å²) in [5, 5.41) is 9.26. The Morgan fingerprint density at radius 3 is 2.93 bits per heavy atom. The average molecular weight is 232 g/mol. The lowest BCUT2D eigenvalue weighted by atomic mass is 9.77. The first-order valence-corrected chi connectivity index (χ1v) is 5.79. The third-order valence-electron chi connectivity index (χ3n) is 3.24. The van der Waals surface area contributed by atoms with E-state index in [0.717, 1.165) is 25.9 Å². The number of aliphatic carboxylic acids is 1. The molecule has 1 heterocycles. The Hall–Kier alpha value is -0.540. The zero-order valence-electron chi connectivity index (χ0n) is 9.08. The van der Waals surface area contributed by atoms with Crippen LogP contribution in [0.4, 0.5) is 0 Å². The highest BCUT2D eigenvalue weighted by Crippen LogP contribution is 2.33. The minimum atomic E-state index is -0.662. The highest BCUT2D eigenvalue weighted by atomic mass is 35.5. The van der Waals surface area contributed by atoms with Crippen LogP contribution in [0.1, 0.15) is 26.2 Å². The van der Waals surface area contributed by atoms with Gasteiger partial charge in [-0.2, -0.15) is 0 Å². The zero-order chi connectivity index (χ0) is 11.3. The smallest absolute Gasteiger partial charge is 0.310 e. The normalized spacial score (nSPS) is 28.4. The predicted molar refractivity (Wildman–Crippen MR) is 61.0 cm³/mol. The number of carbonyl (C=O) groups is 1. The molecule has 0 bridgehead atoms. The van der Waals surface area contributed by atoms with Crippen LogP contribution in [0.15, 0.2) is 11.6 Å². The summed E-state index contributed by atoms with van der Waals surface area (Å²) in [7, 11) is 0. The zero-order valence-corrected chi connectivity index (χ0v) is 9.83. The van der Waals surface area contributed by atoms with E-state index in [4.69, 9.17) is 11.6 Å². The molecular weight excluding hydrogens is 214 g/mol. The number of carboxylic acid groups (broad SMARTS) is 1. The maximum absolute atomic E-state index is 11.3. The van der Waals surface area contributed by atoms with Crippen molar-refractivity contribution in [3.05, 3.63) is 11.6 Å². The molecule has 0 amide bonds. The lowest BCUT2D eigenvalue weighted by molar-refractivity contribution is -0.152. The molecule has 1 aliphatic heterocycles. The van der Waals surface area contributed by atoms with Crippen molar-refractivity contribution in [3.8, 4) is 0 Å². The van der Waals surface area contributed by atoms with Crippen molar-refractivity contribution in [2.45, 2.75) is 26.2 Å². The number of halogens is 1. The van der Waals surface area contributed by atoms with E-state index in [2.05, 4.69) is 4.90 Å². The number of hydrogen-bond donors (Lipinski definition) is 1. The molecule has 1 N–H and O–H groups in total. The molecule has 4 heteroatoms. The van der Waals surface area contributed by atoms with E-state index in [0.29, 0.717) is 13.0 Å². The molecule has 0 radical (unpaired) electrons. The predicted octanol–water partition coefficient (Wildman–Crippen LogP) is 2.32. The Balaban J connectivity index is 2.64. The van der Waals surface area contributed by atoms with Gasteiger partial charge in [0, 0.05) is 18.6 Å². The minimum absolute atomic E-state index is 0.543.